The maximum Gasteiger partial charge on any atom is 0.226 e. The predicted molar refractivity (Wildman–Crippen MR) is 88.2 cm³/mol. The van der Waals surface area contributed by atoms with Crippen LogP contribution in [0.2, 0.25) is 0 Å². The molecule has 2 unspecified atom stereocenters. The second-order valence-electron chi connectivity index (χ2n) is 6.14. The molecule has 3 rings (SSSR count). The highest BCUT2D eigenvalue weighted by molar-refractivity contribution is 5.79. The zero-order valence-electron chi connectivity index (χ0n) is 13.5. The molecule has 0 radical (unpaired) electrons. The topological polar surface area (TPSA) is 58.6 Å². The standard InChI is InChI=1S/C19H20FNO3/c1-12-2-4-13(5-3-12)17(22)10-21-19(23)15-8-14-9-16(20)6-7-18(14)24-11-15/h2-7,9,15,17,22H,8,10-11H2,1H3,(H,21,23). The van der Waals surface area contributed by atoms with Crippen molar-refractivity contribution in [2.45, 2.75) is 19.4 Å². The van der Waals surface area contributed by atoms with Crippen molar-refractivity contribution in [1.82, 2.24) is 5.32 Å². The van der Waals surface area contributed by atoms with Gasteiger partial charge in [-0.3, -0.25) is 4.79 Å². The number of benzene rings is 2. The van der Waals surface area contributed by atoms with Crippen LogP contribution in [0.15, 0.2) is 42.5 Å². The summed E-state index contributed by atoms with van der Waals surface area (Å²) < 4.78 is 18.8. The highest BCUT2D eigenvalue weighted by Crippen LogP contribution is 2.28. The van der Waals surface area contributed by atoms with Crippen LogP contribution < -0.4 is 10.1 Å². The monoisotopic (exact) mass is 329 g/mol. The van der Waals surface area contributed by atoms with E-state index in [1.54, 1.807) is 6.07 Å². The van der Waals surface area contributed by atoms with Crippen LogP contribution in [0.25, 0.3) is 0 Å². The van der Waals surface area contributed by atoms with Gasteiger partial charge >= 0.3 is 0 Å². The van der Waals surface area contributed by atoms with Crippen LogP contribution in [0.5, 0.6) is 5.75 Å². The SMILES string of the molecule is Cc1ccc(C(O)CNC(=O)C2COc3ccc(F)cc3C2)cc1. The molecule has 0 fully saturated rings. The number of hydrogen-bond donors (Lipinski definition) is 2. The van der Waals surface area contributed by atoms with E-state index in [9.17, 15) is 14.3 Å². The Kier molecular flexibility index (Phi) is 4.81. The number of fused-ring (bicyclic) bond motifs is 1. The Balaban J connectivity index is 1.56. The number of aryl methyl sites for hydroxylation is 1. The molecule has 5 heteroatoms. The maximum atomic E-state index is 13.3. The molecule has 126 valence electrons. The lowest BCUT2D eigenvalue weighted by Crippen LogP contribution is -2.39. The van der Waals surface area contributed by atoms with Crippen LogP contribution in [-0.2, 0) is 11.2 Å². The molecule has 24 heavy (non-hydrogen) atoms. The van der Waals surface area contributed by atoms with Gasteiger partial charge in [0, 0.05) is 6.54 Å². The Morgan fingerprint density at radius 2 is 2.08 bits per heavy atom. The van der Waals surface area contributed by atoms with E-state index in [1.807, 2.05) is 31.2 Å². The Bertz CT molecular complexity index is 730. The first kappa shape index (κ1) is 16.5. The Labute approximate surface area is 140 Å². The van der Waals surface area contributed by atoms with Gasteiger partial charge in [-0.25, -0.2) is 4.39 Å². The molecule has 0 saturated carbocycles. The van der Waals surface area contributed by atoms with Gasteiger partial charge in [0.05, 0.1) is 12.0 Å². The van der Waals surface area contributed by atoms with Gasteiger partial charge in [-0.2, -0.15) is 0 Å². The van der Waals surface area contributed by atoms with Crippen molar-refractivity contribution in [3.05, 3.63) is 65.0 Å². The van der Waals surface area contributed by atoms with E-state index >= 15 is 0 Å². The molecule has 0 bridgehead atoms. The van der Waals surface area contributed by atoms with Crippen molar-refractivity contribution in [3.8, 4) is 5.75 Å². The summed E-state index contributed by atoms with van der Waals surface area (Å²) in [6, 6.07) is 11.8. The van der Waals surface area contributed by atoms with Gasteiger partial charge < -0.3 is 15.2 Å². The molecule has 2 N–H and O–H groups in total. The van der Waals surface area contributed by atoms with Crippen molar-refractivity contribution >= 4 is 5.91 Å². The lowest BCUT2D eigenvalue weighted by atomic mass is 9.96. The summed E-state index contributed by atoms with van der Waals surface area (Å²) in [7, 11) is 0. The van der Waals surface area contributed by atoms with Crippen LogP contribution in [0.4, 0.5) is 4.39 Å². The molecule has 2 aromatic rings. The number of nitrogens with one attached hydrogen (secondary N) is 1. The van der Waals surface area contributed by atoms with Crippen LogP contribution in [0, 0.1) is 18.7 Å². The van der Waals surface area contributed by atoms with Crippen LogP contribution in [0.3, 0.4) is 0 Å². The van der Waals surface area contributed by atoms with Crippen molar-refractivity contribution in [2.24, 2.45) is 5.92 Å². The number of aliphatic hydroxyl groups is 1. The third kappa shape index (κ3) is 3.74. The van der Waals surface area contributed by atoms with E-state index in [1.165, 1.54) is 12.1 Å². The molecule has 1 aliphatic rings. The number of hydrogen-bond acceptors (Lipinski definition) is 3. The number of ether oxygens (including phenoxy) is 1. The average molecular weight is 329 g/mol. The number of carbonyl (C=O) groups is 1. The Hall–Kier alpha value is -2.40. The number of amides is 1. The molecule has 2 aromatic carbocycles. The molecular formula is C19H20FNO3. The summed E-state index contributed by atoms with van der Waals surface area (Å²) in [6.07, 6.45) is -0.330. The van der Waals surface area contributed by atoms with E-state index in [0.717, 1.165) is 11.1 Å². The zero-order chi connectivity index (χ0) is 17.1. The van der Waals surface area contributed by atoms with Crippen molar-refractivity contribution in [1.29, 1.82) is 0 Å². The second kappa shape index (κ2) is 7.01. The lowest BCUT2D eigenvalue weighted by molar-refractivity contribution is -0.126. The molecule has 0 spiro atoms. The minimum absolute atomic E-state index is 0.133. The van der Waals surface area contributed by atoms with E-state index in [4.69, 9.17) is 4.74 Å². The quantitative estimate of drug-likeness (QED) is 0.906. The van der Waals surface area contributed by atoms with Crippen molar-refractivity contribution < 1.29 is 19.0 Å². The molecule has 0 saturated heterocycles. The smallest absolute Gasteiger partial charge is 0.226 e. The van der Waals surface area contributed by atoms with Gasteiger partial charge in [0.15, 0.2) is 0 Å². The normalized spacial score (nSPS) is 17.5. The van der Waals surface area contributed by atoms with Gasteiger partial charge in [-0.15, -0.1) is 0 Å². The van der Waals surface area contributed by atoms with Crippen molar-refractivity contribution in [3.63, 3.8) is 0 Å². The molecule has 1 amide bonds. The summed E-state index contributed by atoms with van der Waals surface area (Å²) in [4.78, 5) is 12.3. The Morgan fingerprint density at radius 1 is 1.33 bits per heavy atom. The second-order valence-corrected chi connectivity index (χ2v) is 6.14. The molecule has 1 heterocycles. The number of rotatable bonds is 4. The van der Waals surface area contributed by atoms with Crippen LogP contribution in [-0.4, -0.2) is 24.2 Å². The van der Waals surface area contributed by atoms with Gasteiger partial charge in [0.25, 0.3) is 0 Å². The van der Waals surface area contributed by atoms with E-state index in [2.05, 4.69) is 5.32 Å². The van der Waals surface area contributed by atoms with Gasteiger partial charge in [-0.1, -0.05) is 29.8 Å². The minimum Gasteiger partial charge on any atom is -0.492 e. The maximum absolute atomic E-state index is 13.3. The van der Waals surface area contributed by atoms with Crippen molar-refractivity contribution in [2.75, 3.05) is 13.2 Å². The zero-order valence-corrected chi connectivity index (χ0v) is 13.5. The molecule has 2 atom stereocenters. The number of aliphatic hydroxyl groups excluding tert-OH is 1. The lowest BCUT2D eigenvalue weighted by Gasteiger charge is -2.25. The van der Waals surface area contributed by atoms with E-state index in [0.29, 0.717) is 17.7 Å². The molecule has 4 nitrogen and oxygen atoms in total. The first-order valence-corrected chi connectivity index (χ1v) is 7.96. The summed E-state index contributed by atoms with van der Waals surface area (Å²) in [5.41, 5.74) is 2.56. The van der Waals surface area contributed by atoms with Gasteiger partial charge in [0.1, 0.15) is 18.2 Å². The van der Waals surface area contributed by atoms with Crippen LogP contribution in [0.1, 0.15) is 22.8 Å². The fourth-order valence-corrected chi connectivity index (χ4v) is 2.78. The van der Waals surface area contributed by atoms with Gasteiger partial charge in [0.2, 0.25) is 5.91 Å². The fourth-order valence-electron chi connectivity index (χ4n) is 2.78. The predicted octanol–water partition coefficient (Wildman–Crippen LogP) is 2.54. The highest BCUT2D eigenvalue weighted by atomic mass is 19.1. The molecule has 0 aromatic heterocycles. The largest absolute Gasteiger partial charge is 0.492 e. The van der Waals surface area contributed by atoms with Gasteiger partial charge in [-0.05, 0) is 42.7 Å². The summed E-state index contributed by atoms with van der Waals surface area (Å²) >= 11 is 0. The molecular weight excluding hydrogens is 309 g/mol. The first-order valence-electron chi connectivity index (χ1n) is 7.96. The third-order valence-electron chi connectivity index (χ3n) is 4.23. The fraction of sp³-hybridized carbons (Fsp3) is 0.316. The van der Waals surface area contributed by atoms with Crippen LogP contribution >= 0.6 is 0 Å². The third-order valence-corrected chi connectivity index (χ3v) is 4.23. The summed E-state index contributed by atoms with van der Waals surface area (Å²) in [5, 5.41) is 12.9. The number of carbonyl (C=O) groups excluding carboxylic acids is 1. The average Bonchev–Trinajstić information content (AvgIpc) is 2.59. The summed E-state index contributed by atoms with van der Waals surface area (Å²) in [6.45, 7) is 2.36. The van der Waals surface area contributed by atoms with E-state index < -0.39 is 6.10 Å². The molecule has 0 aliphatic carbocycles. The highest BCUT2D eigenvalue weighted by Gasteiger charge is 2.26. The number of halogens is 1. The van der Waals surface area contributed by atoms with E-state index in [-0.39, 0.29) is 30.8 Å². The minimum atomic E-state index is -0.760. The first-order chi connectivity index (χ1) is 11.5. The Morgan fingerprint density at radius 3 is 2.83 bits per heavy atom. The summed E-state index contributed by atoms with van der Waals surface area (Å²) in [5.74, 6) is -0.297. The molecule has 1 aliphatic heterocycles.